The summed E-state index contributed by atoms with van der Waals surface area (Å²) in [5.74, 6) is 0. The Morgan fingerprint density at radius 1 is 1.16 bits per heavy atom. The van der Waals surface area contributed by atoms with Gasteiger partial charge in [-0.3, -0.25) is 0 Å². The van der Waals surface area contributed by atoms with E-state index in [1.165, 1.54) is 11.1 Å². The van der Waals surface area contributed by atoms with E-state index in [1.807, 2.05) is 18.2 Å². The van der Waals surface area contributed by atoms with Crippen LogP contribution in [0.1, 0.15) is 22.3 Å². The Morgan fingerprint density at radius 2 is 1.95 bits per heavy atom. The summed E-state index contributed by atoms with van der Waals surface area (Å²) < 4.78 is 0. The lowest BCUT2D eigenvalue weighted by Crippen LogP contribution is -2.10. The molecule has 0 aromatic heterocycles. The minimum absolute atomic E-state index is 0.438. The van der Waals surface area contributed by atoms with E-state index in [0.29, 0.717) is 4.99 Å². The Bertz CT molecular complexity index is 605. The zero-order chi connectivity index (χ0) is 13.8. The zero-order valence-electron chi connectivity index (χ0n) is 11.2. The van der Waals surface area contributed by atoms with Gasteiger partial charge in [0.15, 0.2) is 0 Å². The molecule has 2 aromatic rings. The van der Waals surface area contributed by atoms with Crippen LogP contribution in [0.25, 0.3) is 0 Å². The van der Waals surface area contributed by atoms with Gasteiger partial charge in [0.2, 0.25) is 0 Å². The number of aryl methyl sites for hydroxylation is 2. The quantitative estimate of drug-likeness (QED) is 0.834. The van der Waals surface area contributed by atoms with Gasteiger partial charge in [0, 0.05) is 17.8 Å². The Kier molecular flexibility index (Phi) is 4.17. The van der Waals surface area contributed by atoms with E-state index < -0.39 is 0 Å². The summed E-state index contributed by atoms with van der Waals surface area (Å²) in [5, 5.41) is 3.44. The highest BCUT2D eigenvalue weighted by molar-refractivity contribution is 7.80. The van der Waals surface area contributed by atoms with Crippen LogP contribution in [0.2, 0.25) is 0 Å². The predicted octanol–water partition coefficient (Wildman–Crippen LogP) is 3.55. The molecule has 19 heavy (non-hydrogen) atoms. The molecular weight excluding hydrogens is 252 g/mol. The fraction of sp³-hybridized carbons (Fsp3) is 0.188. The first-order valence-electron chi connectivity index (χ1n) is 6.26. The molecule has 2 aromatic carbocycles. The van der Waals surface area contributed by atoms with Gasteiger partial charge >= 0.3 is 0 Å². The third-order valence-electron chi connectivity index (χ3n) is 3.08. The van der Waals surface area contributed by atoms with Crippen LogP contribution in [-0.4, -0.2) is 4.99 Å². The molecule has 0 heterocycles. The van der Waals surface area contributed by atoms with Crippen LogP contribution >= 0.6 is 12.2 Å². The van der Waals surface area contributed by atoms with Gasteiger partial charge in [0.1, 0.15) is 4.99 Å². The monoisotopic (exact) mass is 270 g/mol. The largest absolute Gasteiger partial charge is 0.389 e. The van der Waals surface area contributed by atoms with Crippen LogP contribution < -0.4 is 11.1 Å². The van der Waals surface area contributed by atoms with Gasteiger partial charge in [0.25, 0.3) is 0 Å². The number of nitrogens with two attached hydrogens (primary N) is 1. The fourth-order valence-corrected chi connectivity index (χ4v) is 2.16. The fourth-order valence-electron chi connectivity index (χ4n) is 2.03. The molecule has 0 unspecified atom stereocenters. The standard InChI is InChI=1S/C16H18N2S/c1-11-4-3-5-13(8-11)10-18-15-7-6-14(16(17)19)9-12(15)2/h3-9,18H,10H2,1-2H3,(H2,17,19). The average Bonchev–Trinajstić information content (AvgIpc) is 2.37. The summed E-state index contributed by atoms with van der Waals surface area (Å²) in [5.41, 5.74) is 11.4. The zero-order valence-corrected chi connectivity index (χ0v) is 12.1. The van der Waals surface area contributed by atoms with E-state index >= 15 is 0 Å². The maximum Gasteiger partial charge on any atom is 0.103 e. The Hall–Kier alpha value is -1.87. The van der Waals surface area contributed by atoms with E-state index in [0.717, 1.165) is 23.4 Å². The molecule has 2 nitrogen and oxygen atoms in total. The first kappa shape index (κ1) is 13.6. The van der Waals surface area contributed by atoms with Gasteiger partial charge < -0.3 is 11.1 Å². The first-order valence-corrected chi connectivity index (χ1v) is 6.67. The molecule has 0 atom stereocenters. The third-order valence-corrected chi connectivity index (χ3v) is 3.31. The predicted molar refractivity (Wildman–Crippen MR) is 85.6 cm³/mol. The smallest absolute Gasteiger partial charge is 0.103 e. The van der Waals surface area contributed by atoms with Crippen molar-refractivity contribution in [3.8, 4) is 0 Å². The van der Waals surface area contributed by atoms with E-state index in [2.05, 4.69) is 43.4 Å². The van der Waals surface area contributed by atoms with Crippen LogP contribution in [0, 0.1) is 13.8 Å². The highest BCUT2D eigenvalue weighted by atomic mass is 32.1. The Labute approximate surface area is 119 Å². The van der Waals surface area contributed by atoms with Crippen molar-refractivity contribution >= 4 is 22.9 Å². The molecule has 0 aliphatic carbocycles. The highest BCUT2D eigenvalue weighted by Crippen LogP contribution is 2.17. The van der Waals surface area contributed by atoms with E-state index in [1.54, 1.807) is 0 Å². The number of hydrogen-bond donors (Lipinski definition) is 2. The average molecular weight is 270 g/mol. The number of rotatable bonds is 4. The van der Waals surface area contributed by atoms with Gasteiger partial charge in [-0.15, -0.1) is 0 Å². The van der Waals surface area contributed by atoms with Crippen LogP contribution in [-0.2, 0) is 6.54 Å². The Balaban J connectivity index is 2.10. The minimum atomic E-state index is 0.438. The van der Waals surface area contributed by atoms with E-state index in [9.17, 15) is 0 Å². The van der Waals surface area contributed by atoms with Crippen LogP contribution in [0.3, 0.4) is 0 Å². The maximum absolute atomic E-state index is 5.63. The molecule has 0 saturated heterocycles. The summed E-state index contributed by atoms with van der Waals surface area (Å²) in [6.45, 7) is 4.97. The number of nitrogens with one attached hydrogen (secondary N) is 1. The maximum atomic E-state index is 5.63. The minimum Gasteiger partial charge on any atom is -0.389 e. The van der Waals surface area contributed by atoms with Crippen LogP contribution in [0.5, 0.6) is 0 Å². The van der Waals surface area contributed by atoms with Gasteiger partial charge in [-0.2, -0.15) is 0 Å². The second kappa shape index (κ2) is 5.85. The second-order valence-electron chi connectivity index (χ2n) is 4.74. The van der Waals surface area contributed by atoms with Gasteiger partial charge in [-0.05, 0) is 43.2 Å². The van der Waals surface area contributed by atoms with Crippen molar-refractivity contribution in [2.75, 3.05) is 5.32 Å². The second-order valence-corrected chi connectivity index (χ2v) is 5.18. The third kappa shape index (κ3) is 3.55. The first-order chi connectivity index (χ1) is 9.06. The van der Waals surface area contributed by atoms with Crippen molar-refractivity contribution in [3.05, 3.63) is 64.7 Å². The molecule has 0 aliphatic heterocycles. The highest BCUT2D eigenvalue weighted by Gasteiger charge is 2.02. The number of thiocarbonyl (C=S) groups is 1. The summed E-state index contributed by atoms with van der Waals surface area (Å²) in [7, 11) is 0. The molecule has 3 heteroatoms. The van der Waals surface area contributed by atoms with Crippen molar-refractivity contribution in [2.24, 2.45) is 5.73 Å². The lowest BCUT2D eigenvalue weighted by Gasteiger charge is -2.11. The van der Waals surface area contributed by atoms with Crippen molar-refractivity contribution in [1.29, 1.82) is 0 Å². The SMILES string of the molecule is Cc1cccc(CNc2ccc(C(N)=S)cc2C)c1. The van der Waals surface area contributed by atoms with Crippen molar-refractivity contribution in [3.63, 3.8) is 0 Å². The van der Waals surface area contributed by atoms with Crippen LogP contribution in [0.4, 0.5) is 5.69 Å². The van der Waals surface area contributed by atoms with Crippen molar-refractivity contribution in [2.45, 2.75) is 20.4 Å². The van der Waals surface area contributed by atoms with Crippen molar-refractivity contribution < 1.29 is 0 Å². The molecule has 0 saturated carbocycles. The molecule has 0 spiro atoms. The number of benzene rings is 2. The van der Waals surface area contributed by atoms with Gasteiger partial charge in [-0.1, -0.05) is 42.0 Å². The van der Waals surface area contributed by atoms with Gasteiger partial charge in [0.05, 0.1) is 0 Å². The number of anilines is 1. The molecular formula is C16H18N2S. The normalized spacial score (nSPS) is 10.2. The molecule has 98 valence electrons. The molecule has 2 rings (SSSR count). The van der Waals surface area contributed by atoms with Crippen LogP contribution in [0.15, 0.2) is 42.5 Å². The molecule has 0 aliphatic rings. The Morgan fingerprint density at radius 3 is 2.58 bits per heavy atom. The summed E-state index contributed by atoms with van der Waals surface area (Å²) in [6, 6.07) is 14.5. The van der Waals surface area contributed by atoms with E-state index in [4.69, 9.17) is 18.0 Å². The lowest BCUT2D eigenvalue weighted by molar-refractivity contribution is 1.13. The molecule has 0 radical (unpaired) electrons. The van der Waals surface area contributed by atoms with Gasteiger partial charge in [-0.25, -0.2) is 0 Å². The molecule has 0 amide bonds. The van der Waals surface area contributed by atoms with E-state index in [-0.39, 0.29) is 0 Å². The molecule has 0 bridgehead atoms. The lowest BCUT2D eigenvalue weighted by atomic mass is 10.1. The number of hydrogen-bond acceptors (Lipinski definition) is 2. The molecule has 0 fully saturated rings. The summed E-state index contributed by atoms with van der Waals surface area (Å²) in [6.07, 6.45) is 0. The topological polar surface area (TPSA) is 38.0 Å². The summed E-state index contributed by atoms with van der Waals surface area (Å²) in [4.78, 5) is 0.438. The van der Waals surface area contributed by atoms with Crippen molar-refractivity contribution in [1.82, 2.24) is 0 Å². The molecule has 3 N–H and O–H groups in total. The summed E-state index contributed by atoms with van der Waals surface area (Å²) >= 11 is 4.98.